The van der Waals surface area contributed by atoms with Crippen molar-refractivity contribution in [3.05, 3.63) is 23.9 Å². The van der Waals surface area contributed by atoms with E-state index in [0.29, 0.717) is 17.6 Å². The molecular weight excluding hydrogens is 224 g/mol. The van der Waals surface area contributed by atoms with Gasteiger partial charge in [0.15, 0.2) is 0 Å². The molecule has 4 heteroatoms. The third kappa shape index (κ3) is 1.95. The Labute approximate surface area is 108 Å². The van der Waals surface area contributed by atoms with E-state index in [1.165, 1.54) is 19.4 Å². The van der Waals surface area contributed by atoms with E-state index < -0.39 is 0 Å². The van der Waals surface area contributed by atoms with Crippen LogP contribution in [0.15, 0.2) is 18.3 Å². The summed E-state index contributed by atoms with van der Waals surface area (Å²) in [6.07, 6.45) is 4.30. The molecule has 0 saturated carbocycles. The Balaban J connectivity index is 1.80. The van der Waals surface area contributed by atoms with E-state index in [0.717, 1.165) is 18.9 Å². The van der Waals surface area contributed by atoms with E-state index in [1.54, 1.807) is 6.20 Å². The Bertz CT molecular complexity index is 462. The molecule has 2 atom stereocenters. The predicted octanol–water partition coefficient (Wildman–Crippen LogP) is 1.63. The molecule has 0 aromatic carbocycles. The molecule has 0 bridgehead atoms. The van der Waals surface area contributed by atoms with Crippen molar-refractivity contribution in [3.8, 4) is 6.07 Å². The molecule has 2 aliphatic rings. The average molecular weight is 242 g/mol. The number of hydrogen-bond acceptors (Lipinski definition) is 4. The number of piperazine rings is 1. The van der Waals surface area contributed by atoms with Gasteiger partial charge in [-0.2, -0.15) is 5.26 Å². The summed E-state index contributed by atoms with van der Waals surface area (Å²) in [5, 5.41) is 8.80. The first-order valence-corrected chi connectivity index (χ1v) is 6.65. The number of aromatic nitrogens is 1. The van der Waals surface area contributed by atoms with Crippen molar-refractivity contribution < 1.29 is 0 Å². The summed E-state index contributed by atoms with van der Waals surface area (Å²) >= 11 is 0. The third-order valence-electron chi connectivity index (χ3n) is 4.11. The molecule has 0 amide bonds. The van der Waals surface area contributed by atoms with Gasteiger partial charge >= 0.3 is 0 Å². The van der Waals surface area contributed by atoms with E-state index >= 15 is 0 Å². The molecule has 1 aromatic heterocycles. The average Bonchev–Trinajstić information content (AvgIpc) is 2.85. The van der Waals surface area contributed by atoms with E-state index in [-0.39, 0.29) is 0 Å². The summed E-state index contributed by atoms with van der Waals surface area (Å²) in [7, 11) is 0. The lowest BCUT2D eigenvalue weighted by molar-refractivity contribution is 0.202. The summed E-state index contributed by atoms with van der Waals surface area (Å²) in [6.45, 7) is 5.71. The quantitative estimate of drug-likeness (QED) is 0.750. The largest absolute Gasteiger partial charge is 0.351 e. The van der Waals surface area contributed by atoms with Crippen molar-refractivity contribution in [1.82, 2.24) is 9.88 Å². The highest BCUT2D eigenvalue weighted by Crippen LogP contribution is 2.27. The molecule has 3 rings (SSSR count). The van der Waals surface area contributed by atoms with Crippen molar-refractivity contribution in [2.24, 2.45) is 0 Å². The van der Waals surface area contributed by atoms with Crippen LogP contribution in [0.5, 0.6) is 0 Å². The van der Waals surface area contributed by atoms with E-state index in [2.05, 4.69) is 27.8 Å². The van der Waals surface area contributed by atoms with Gasteiger partial charge in [0.05, 0.1) is 5.56 Å². The van der Waals surface area contributed by atoms with Gasteiger partial charge in [-0.3, -0.25) is 4.90 Å². The Hall–Kier alpha value is -1.60. The Morgan fingerprint density at radius 3 is 3.00 bits per heavy atom. The molecular formula is C14H18N4. The number of hydrogen-bond donors (Lipinski definition) is 0. The molecule has 2 fully saturated rings. The minimum Gasteiger partial charge on any atom is -0.351 e. The summed E-state index contributed by atoms with van der Waals surface area (Å²) < 4.78 is 0. The molecule has 2 unspecified atom stereocenters. The summed E-state index contributed by atoms with van der Waals surface area (Å²) in [4.78, 5) is 9.41. The van der Waals surface area contributed by atoms with Crippen LogP contribution in [-0.4, -0.2) is 41.6 Å². The monoisotopic (exact) mass is 242 g/mol. The van der Waals surface area contributed by atoms with Crippen LogP contribution >= 0.6 is 0 Å². The zero-order valence-electron chi connectivity index (χ0n) is 10.7. The second-order valence-corrected chi connectivity index (χ2v) is 5.31. The smallest absolute Gasteiger partial charge is 0.128 e. The highest BCUT2D eigenvalue weighted by molar-refractivity contribution is 5.43. The molecule has 0 N–H and O–H groups in total. The van der Waals surface area contributed by atoms with Gasteiger partial charge < -0.3 is 4.90 Å². The number of nitriles is 1. The lowest BCUT2D eigenvalue weighted by atomic mass is 10.1. The molecule has 1 aromatic rings. The lowest BCUT2D eigenvalue weighted by Crippen LogP contribution is -2.55. The van der Waals surface area contributed by atoms with Crippen LogP contribution in [0, 0.1) is 11.3 Å². The highest BCUT2D eigenvalue weighted by atomic mass is 15.3. The maximum absolute atomic E-state index is 8.80. The van der Waals surface area contributed by atoms with E-state index in [9.17, 15) is 0 Å². The second kappa shape index (κ2) is 4.58. The number of nitrogens with zero attached hydrogens (tertiary/aromatic N) is 4. The molecule has 3 heterocycles. The highest BCUT2D eigenvalue weighted by Gasteiger charge is 2.34. The van der Waals surface area contributed by atoms with Crippen molar-refractivity contribution in [2.45, 2.75) is 31.8 Å². The third-order valence-corrected chi connectivity index (χ3v) is 4.11. The van der Waals surface area contributed by atoms with E-state index in [1.807, 2.05) is 12.1 Å². The summed E-state index contributed by atoms with van der Waals surface area (Å²) in [5.41, 5.74) is 0.630. The zero-order chi connectivity index (χ0) is 12.5. The van der Waals surface area contributed by atoms with Crippen molar-refractivity contribution in [3.63, 3.8) is 0 Å². The van der Waals surface area contributed by atoms with Crippen molar-refractivity contribution >= 4 is 5.82 Å². The Morgan fingerprint density at radius 1 is 1.39 bits per heavy atom. The molecule has 0 radical (unpaired) electrons. The normalized spacial score (nSPS) is 27.9. The van der Waals surface area contributed by atoms with Crippen molar-refractivity contribution in [1.29, 1.82) is 5.26 Å². The fraction of sp³-hybridized carbons (Fsp3) is 0.571. The van der Waals surface area contributed by atoms with Gasteiger partial charge in [0.25, 0.3) is 0 Å². The molecule has 2 aliphatic heterocycles. The lowest BCUT2D eigenvalue weighted by Gasteiger charge is -2.43. The second-order valence-electron chi connectivity index (χ2n) is 5.31. The maximum Gasteiger partial charge on any atom is 0.128 e. The Kier molecular flexibility index (Phi) is 2.92. The van der Waals surface area contributed by atoms with Gasteiger partial charge in [-0.25, -0.2) is 4.98 Å². The van der Waals surface area contributed by atoms with Crippen molar-refractivity contribution in [2.75, 3.05) is 24.5 Å². The van der Waals surface area contributed by atoms with Crippen LogP contribution in [0.2, 0.25) is 0 Å². The molecule has 18 heavy (non-hydrogen) atoms. The number of rotatable bonds is 1. The minimum absolute atomic E-state index is 0.500. The fourth-order valence-corrected chi connectivity index (χ4v) is 3.13. The van der Waals surface area contributed by atoms with Gasteiger partial charge in [-0.15, -0.1) is 0 Å². The van der Waals surface area contributed by atoms with Gasteiger partial charge in [0.2, 0.25) is 0 Å². The van der Waals surface area contributed by atoms with Crippen LogP contribution in [-0.2, 0) is 0 Å². The summed E-state index contributed by atoms with van der Waals surface area (Å²) in [5.74, 6) is 1.01. The topological polar surface area (TPSA) is 43.2 Å². The predicted molar refractivity (Wildman–Crippen MR) is 70.4 cm³/mol. The molecule has 94 valence electrons. The van der Waals surface area contributed by atoms with Crippen LogP contribution in [0.3, 0.4) is 0 Å². The minimum atomic E-state index is 0.500. The van der Waals surface area contributed by atoms with Crippen LogP contribution in [0.4, 0.5) is 5.82 Å². The van der Waals surface area contributed by atoms with Gasteiger partial charge in [0, 0.05) is 31.4 Å². The van der Waals surface area contributed by atoms with Crippen LogP contribution in [0.25, 0.3) is 0 Å². The van der Waals surface area contributed by atoms with Gasteiger partial charge in [-0.1, -0.05) is 0 Å². The molecule has 2 saturated heterocycles. The number of fused-ring (bicyclic) bond motifs is 1. The molecule has 0 spiro atoms. The van der Waals surface area contributed by atoms with E-state index in [4.69, 9.17) is 5.26 Å². The first-order valence-electron chi connectivity index (χ1n) is 6.65. The van der Waals surface area contributed by atoms with Crippen LogP contribution in [0.1, 0.15) is 25.3 Å². The summed E-state index contributed by atoms with van der Waals surface area (Å²) in [6, 6.07) is 7.14. The maximum atomic E-state index is 8.80. The first-order chi connectivity index (χ1) is 8.78. The number of pyridine rings is 1. The van der Waals surface area contributed by atoms with Gasteiger partial charge in [0.1, 0.15) is 11.9 Å². The number of anilines is 1. The SMILES string of the molecule is CC1CN2CCCC2CN1c1ccc(C#N)cn1. The first kappa shape index (κ1) is 11.5. The Morgan fingerprint density at radius 2 is 2.28 bits per heavy atom. The van der Waals surface area contributed by atoms with Gasteiger partial charge in [-0.05, 0) is 38.4 Å². The van der Waals surface area contributed by atoms with Crippen LogP contribution < -0.4 is 4.90 Å². The fourth-order valence-electron chi connectivity index (χ4n) is 3.13. The molecule has 0 aliphatic carbocycles. The molecule has 4 nitrogen and oxygen atoms in total. The zero-order valence-corrected chi connectivity index (χ0v) is 10.7. The standard InChI is InChI=1S/C14H18N4/c1-11-9-17-6-2-3-13(17)10-18(11)14-5-4-12(7-15)8-16-14/h4-5,8,11,13H,2-3,6,9-10H2,1H3.